The molecular weight excluding hydrogens is 268 g/mol. The minimum Gasteiger partial charge on any atom is -0.385 e. The van der Waals surface area contributed by atoms with Crippen molar-refractivity contribution in [2.45, 2.75) is 19.3 Å². The Balaban J connectivity index is 1.81. The van der Waals surface area contributed by atoms with E-state index in [2.05, 4.69) is 10.3 Å². The van der Waals surface area contributed by atoms with Gasteiger partial charge in [0, 0.05) is 25.3 Å². The van der Waals surface area contributed by atoms with Gasteiger partial charge in [0.05, 0.1) is 10.2 Å². The third-order valence-electron chi connectivity index (χ3n) is 2.65. The number of rotatable bonds is 7. The minimum atomic E-state index is 0.735. The number of anilines is 1. The van der Waals surface area contributed by atoms with Crippen LogP contribution in [0.5, 0.6) is 0 Å². The summed E-state index contributed by atoms with van der Waals surface area (Å²) in [7, 11) is 1.74. The lowest BCUT2D eigenvalue weighted by molar-refractivity contribution is 0.192. The van der Waals surface area contributed by atoms with Crippen LogP contribution >= 0.6 is 22.9 Å². The fourth-order valence-corrected chi connectivity index (χ4v) is 2.76. The van der Waals surface area contributed by atoms with Crippen molar-refractivity contribution in [3.63, 3.8) is 0 Å². The SMILES string of the molecule is COCCCCCNc1nc2cc(Cl)ccc2s1. The predicted octanol–water partition coefficient (Wildman–Crippen LogP) is 4.18. The van der Waals surface area contributed by atoms with E-state index in [1.165, 1.54) is 11.1 Å². The topological polar surface area (TPSA) is 34.1 Å². The summed E-state index contributed by atoms with van der Waals surface area (Å²) in [6.07, 6.45) is 3.44. The molecule has 0 amide bonds. The third-order valence-corrected chi connectivity index (χ3v) is 3.88. The highest BCUT2D eigenvalue weighted by atomic mass is 35.5. The molecular formula is C13H17ClN2OS. The highest BCUT2D eigenvalue weighted by Crippen LogP contribution is 2.27. The molecule has 0 fully saturated rings. The Bertz CT molecular complexity index is 501. The summed E-state index contributed by atoms with van der Waals surface area (Å²) >= 11 is 7.60. The molecule has 1 heterocycles. The molecule has 0 aliphatic heterocycles. The van der Waals surface area contributed by atoms with E-state index in [1.54, 1.807) is 18.4 Å². The van der Waals surface area contributed by atoms with Crippen LogP contribution < -0.4 is 5.32 Å². The Morgan fingerprint density at radius 1 is 1.33 bits per heavy atom. The Hall–Kier alpha value is -0.840. The molecule has 1 aromatic carbocycles. The highest BCUT2D eigenvalue weighted by molar-refractivity contribution is 7.22. The zero-order chi connectivity index (χ0) is 12.8. The molecule has 0 radical (unpaired) electrons. The molecule has 0 atom stereocenters. The van der Waals surface area contributed by atoms with E-state index in [0.717, 1.165) is 41.7 Å². The Kier molecular flexibility index (Phi) is 5.23. The first-order valence-electron chi connectivity index (χ1n) is 6.08. The van der Waals surface area contributed by atoms with E-state index in [9.17, 15) is 0 Å². The maximum atomic E-state index is 5.94. The first kappa shape index (κ1) is 13.6. The van der Waals surface area contributed by atoms with E-state index in [-0.39, 0.29) is 0 Å². The molecule has 0 bridgehead atoms. The van der Waals surface area contributed by atoms with Gasteiger partial charge in [0.25, 0.3) is 0 Å². The number of unbranched alkanes of at least 4 members (excludes halogenated alkanes) is 2. The number of ether oxygens (including phenoxy) is 1. The molecule has 18 heavy (non-hydrogen) atoms. The molecule has 0 aliphatic rings. The minimum absolute atomic E-state index is 0.735. The van der Waals surface area contributed by atoms with Gasteiger partial charge < -0.3 is 10.1 Å². The number of aromatic nitrogens is 1. The molecule has 0 spiro atoms. The number of hydrogen-bond acceptors (Lipinski definition) is 4. The van der Waals surface area contributed by atoms with Crippen LogP contribution in [0.15, 0.2) is 18.2 Å². The molecule has 1 N–H and O–H groups in total. The summed E-state index contributed by atoms with van der Waals surface area (Å²) < 4.78 is 6.18. The lowest BCUT2D eigenvalue weighted by Gasteiger charge is -2.01. The van der Waals surface area contributed by atoms with Crippen LogP contribution in [0.4, 0.5) is 5.13 Å². The second kappa shape index (κ2) is 6.92. The van der Waals surface area contributed by atoms with Gasteiger partial charge in [-0.15, -0.1) is 0 Å². The van der Waals surface area contributed by atoms with Crippen LogP contribution in [0, 0.1) is 0 Å². The Morgan fingerprint density at radius 3 is 3.06 bits per heavy atom. The summed E-state index contributed by atoms with van der Waals surface area (Å²) in [5.41, 5.74) is 0.967. The Labute approximate surface area is 116 Å². The number of nitrogens with zero attached hydrogens (tertiary/aromatic N) is 1. The van der Waals surface area contributed by atoms with Crippen molar-refractivity contribution in [1.82, 2.24) is 4.98 Å². The van der Waals surface area contributed by atoms with E-state index < -0.39 is 0 Å². The van der Waals surface area contributed by atoms with Crippen molar-refractivity contribution < 1.29 is 4.74 Å². The summed E-state index contributed by atoms with van der Waals surface area (Å²) in [5.74, 6) is 0. The van der Waals surface area contributed by atoms with E-state index >= 15 is 0 Å². The third kappa shape index (κ3) is 3.83. The smallest absolute Gasteiger partial charge is 0.183 e. The first-order chi connectivity index (χ1) is 8.79. The maximum Gasteiger partial charge on any atom is 0.183 e. The quantitative estimate of drug-likeness (QED) is 0.775. The number of fused-ring (bicyclic) bond motifs is 1. The lowest BCUT2D eigenvalue weighted by atomic mass is 10.2. The highest BCUT2D eigenvalue weighted by Gasteiger charge is 2.03. The van der Waals surface area contributed by atoms with Crippen molar-refractivity contribution in [3.05, 3.63) is 23.2 Å². The van der Waals surface area contributed by atoms with E-state index in [4.69, 9.17) is 16.3 Å². The number of thiazole rings is 1. The van der Waals surface area contributed by atoms with Crippen molar-refractivity contribution in [3.8, 4) is 0 Å². The summed E-state index contributed by atoms with van der Waals surface area (Å²) in [6, 6.07) is 5.81. The molecule has 3 nitrogen and oxygen atoms in total. The molecule has 0 unspecified atom stereocenters. The van der Waals surface area contributed by atoms with Crippen LogP contribution in [0.3, 0.4) is 0 Å². The van der Waals surface area contributed by atoms with Crippen molar-refractivity contribution in [1.29, 1.82) is 0 Å². The fraction of sp³-hybridized carbons (Fsp3) is 0.462. The predicted molar refractivity (Wildman–Crippen MR) is 78.8 cm³/mol. The van der Waals surface area contributed by atoms with Gasteiger partial charge in [0.15, 0.2) is 5.13 Å². The van der Waals surface area contributed by atoms with Crippen molar-refractivity contribution in [2.75, 3.05) is 25.6 Å². The van der Waals surface area contributed by atoms with Gasteiger partial charge in [-0.2, -0.15) is 0 Å². The second-order valence-corrected chi connectivity index (χ2v) is 5.58. The second-order valence-electron chi connectivity index (χ2n) is 4.11. The molecule has 1 aromatic heterocycles. The van der Waals surface area contributed by atoms with Crippen molar-refractivity contribution >= 4 is 38.3 Å². The fourth-order valence-electron chi connectivity index (χ4n) is 1.72. The average molecular weight is 285 g/mol. The van der Waals surface area contributed by atoms with Crippen LogP contribution in [0.1, 0.15) is 19.3 Å². The average Bonchev–Trinajstić information content (AvgIpc) is 2.75. The molecule has 0 saturated heterocycles. The van der Waals surface area contributed by atoms with E-state index in [0.29, 0.717) is 0 Å². The molecule has 98 valence electrons. The van der Waals surface area contributed by atoms with Crippen LogP contribution in [0.25, 0.3) is 10.2 Å². The van der Waals surface area contributed by atoms with Gasteiger partial charge in [0.1, 0.15) is 0 Å². The molecule has 2 aromatic rings. The molecule has 0 aliphatic carbocycles. The number of hydrogen-bond donors (Lipinski definition) is 1. The van der Waals surface area contributed by atoms with Gasteiger partial charge in [-0.3, -0.25) is 0 Å². The maximum absolute atomic E-state index is 5.94. The molecule has 0 saturated carbocycles. The lowest BCUT2D eigenvalue weighted by Crippen LogP contribution is -2.01. The first-order valence-corrected chi connectivity index (χ1v) is 7.28. The zero-order valence-electron chi connectivity index (χ0n) is 10.4. The van der Waals surface area contributed by atoms with Gasteiger partial charge in [-0.1, -0.05) is 22.9 Å². The summed E-state index contributed by atoms with van der Waals surface area (Å²) in [6.45, 7) is 1.80. The number of benzene rings is 1. The number of methoxy groups -OCH3 is 1. The van der Waals surface area contributed by atoms with Crippen LogP contribution in [-0.4, -0.2) is 25.2 Å². The largest absolute Gasteiger partial charge is 0.385 e. The van der Waals surface area contributed by atoms with Gasteiger partial charge in [-0.25, -0.2) is 4.98 Å². The zero-order valence-corrected chi connectivity index (χ0v) is 12.0. The summed E-state index contributed by atoms with van der Waals surface area (Å²) in [5, 5.41) is 5.06. The summed E-state index contributed by atoms with van der Waals surface area (Å²) in [4.78, 5) is 4.51. The van der Waals surface area contributed by atoms with E-state index in [1.807, 2.05) is 18.2 Å². The van der Waals surface area contributed by atoms with Crippen molar-refractivity contribution in [2.24, 2.45) is 0 Å². The monoisotopic (exact) mass is 284 g/mol. The molecule has 5 heteroatoms. The van der Waals surface area contributed by atoms with Gasteiger partial charge in [-0.05, 0) is 37.5 Å². The molecule has 2 rings (SSSR count). The number of halogens is 1. The van der Waals surface area contributed by atoms with Crippen LogP contribution in [-0.2, 0) is 4.74 Å². The Morgan fingerprint density at radius 2 is 2.22 bits per heavy atom. The number of nitrogens with one attached hydrogen (secondary N) is 1. The van der Waals surface area contributed by atoms with Gasteiger partial charge >= 0.3 is 0 Å². The standard InChI is InChI=1S/C13H17ClN2OS/c1-17-8-4-2-3-7-15-13-16-11-9-10(14)5-6-12(11)18-13/h5-6,9H,2-4,7-8H2,1H3,(H,15,16). The normalized spacial score (nSPS) is 11.0. The van der Waals surface area contributed by atoms with Crippen LogP contribution in [0.2, 0.25) is 5.02 Å². The van der Waals surface area contributed by atoms with Gasteiger partial charge in [0.2, 0.25) is 0 Å².